The van der Waals surface area contributed by atoms with E-state index < -0.39 is 5.97 Å². The second-order valence-electron chi connectivity index (χ2n) is 5.10. The molecule has 106 valence electrons. The van der Waals surface area contributed by atoms with Crippen molar-refractivity contribution < 1.29 is 19.4 Å². The van der Waals surface area contributed by atoms with Gasteiger partial charge in [0.05, 0.1) is 6.61 Å². The van der Waals surface area contributed by atoms with E-state index in [0.717, 1.165) is 42.7 Å². The second-order valence-corrected chi connectivity index (χ2v) is 5.10. The lowest BCUT2D eigenvalue weighted by Gasteiger charge is -2.22. The molecule has 0 unspecified atom stereocenters. The molecule has 3 rings (SSSR count). The number of hydrogen-bond donors (Lipinski definition) is 2. The molecule has 1 aromatic carbocycles. The number of ether oxygens (including phenoxy) is 2. The summed E-state index contributed by atoms with van der Waals surface area (Å²) in [7, 11) is 0. The normalized spacial score (nSPS) is 16.4. The van der Waals surface area contributed by atoms with Gasteiger partial charge in [-0.05, 0) is 43.0 Å². The van der Waals surface area contributed by atoms with Crippen LogP contribution in [0.5, 0.6) is 5.75 Å². The first kappa shape index (κ1) is 13.0. The molecule has 2 aromatic rings. The molecule has 0 aliphatic carbocycles. The van der Waals surface area contributed by atoms with Gasteiger partial charge in [0.2, 0.25) is 0 Å². The predicted molar refractivity (Wildman–Crippen MR) is 74.3 cm³/mol. The molecule has 1 fully saturated rings. The van der Waals surface area contributed by atoms with Gasteiger partial charge in [0.25, 0.3) is 0 Å². The van der Waals surface area contributed by atoms with Crippen molar-refractivity contribution in [1.82, 2.24) is 4.98 Å². The fraction of sp³-hybridized carbons (Fsp3) is 0.400. The van der Waals surface area contributed by atoms with Crippen LogP contribution in [0.25, 0.3) is 10.9 Å². The number of H-pyrrole nitrogens is 1. The van der Waals surface area contributed by atoms with Gasteiger partial charge in [-0.25, -0.2) is 4.79 Å². The molecule has 1 aliphatic heterocycles. The quantitative estimate of drug-likeness (QED) is 0.900. The van der Waals surface area contributed by atoms with Crippen LogP contribution < -0.4 is 4.74 Å². The fourth-order valence-electron chi connectivity index (χ4n) is 2.44. The fourth-order valence-corrected chi connectivity index (χ4v) is 2.44. The Hall–Kier alpha value is -2.01. The highest BCUT2D eigenvalue weighted by atomic mass is 16.5. The molecule has 0 spiro atoms. The van der Waals surface area contributed by atoms with Crippen molar-refractivity contribution in [1.29, 1.82) is 0 Å². The number of aromatic nitrogens is 1. The Morgan fingerprint density at radius 2 is 2.15 bits per heavy atom. The molecule has 0 bridgehead atoms. The number of carbonyl (C=O) groups is 1. The molecule has 0 radical (unpaired) electrons. The summed E-state index contributed by atoms with van der Waals surface area (Å²) in [6.45, 7) is 2.31. The zero-order valence-corrected chi connectivity index (χ0v) is 11.1. The van der Waals surface area contributed by atoms with Gasteiger partial charge in [0, 0.05) is 24.1 Å². The average Bonchev–Trinajstić information content (AvgIpc) is 2.89. The molecule has 2 heterocycles. The number of rotatable bonds is 4. The minimum atomic E-state index is -0.953. The summed E-state index contributed by atoms with van der Waals surface area (Å²) in [4.78, 5) is 13.8. The number of fused-ring (bicyclic) bond motifs is 1. The van der Waals surface area contributed by atoms with Crippen LogP contribution in [0, 0.1) is 5.92 Å². The smallest absolute Gasteiger partial charge is 0.352 e. The lowest BCUT2D eigenvalue weighted by atomic mass is 10.0. The van der Waals surface area contributed by atoms with E-state index in [2.05, 4.69) is 4.98 Å². The van der Waals surface area contributed by atoms with Crippen molar-refractivity contribution in [3.8, 4) is 5.75 Å². The van der Waals surface area contributed by atoms with Crippen LogP contribution in [-0.2, 0) is 4.74 Å². The van der Waals surface area contributed by atoms with E-state index in [-0.39, 0.29) is 5.69 Å². The topological polar surface area (TPSA) is 71.6 Å². The molecular formula is C15H17NO4. The molecule has 0 atom stereocenters. The molecular weight excluding hydrogens is 258 g/mol. The van der Waals surface area contributed by atoms with Crippen LogP contribution in [0.15, 0.2) is 24.3 Å². The van der Waals surface area contributed by atoms with Gasteiger partial charge >= 0.3 is 5.97 Å². The third-order valence-electron chi connectivity index (χ3n) is 3.65. The molecule has 20 heavy (non-hydrogen) atoms. The first-order valence-electron chi connectivity index (χ1n) is 6.79. The standard InChI is InChI=1S/C15H17NO4/c17-15(18)14-8-11-7-12(1-2-13(11)16-14)20-9-10-3-5-19-6-4-10/h1-2,7-8,10,16H,3-6,9H2,(H,17,18). The van der Waals surface area contributed by atoms with Crippen molar-refractivity contribution in [3.63, 3.8) is 0 Å². The summed E-state index contributed by atoms with van der Waals surface area (Å²) in [5, 5.41) is 9.81. The highest BCUT2D eigenvalue weighted by Crippen LogP contribution is 2.23. The number of nitrogens with one attached hydrogen (secondary N) is 1. The van der Waals surface area contributed by atoms with Gasteiger partial charge in [-0.3, -0.25) is 0 Å². The second kappa shape index (κ2) is 5.54. The minimum absolute atomic E-state index is 0.196. The maximum Gasteiger partial charge on any atom is 0.352 e. The van der Waals surface area contributed by atoms with E-state index in [0.29, 0.717) is 12.5 Å². The van der Waals surface area contributed by atoms with E-state index >= 15 is 0 Å². The molecule has 1 saturated heterocycles. The first-order chi connectivity index (χ1) is 9.72. The monoisotopic (exact) mass is 275 g/mol. The van der Waals surface area contributed by atoms with Crippen LogP contribution in [-0.4, -0.2) is 35.9 Å². The summed E-state index contributed by atoms with van der Waals surface area (Å²) in [6, 6.07) is 7.21. The van der Waals surface area contributed by atoms with Gasteiger partial charge in [0.15, 0.2) is 0 Å². The Morgan fingerprint density at radius 1 is 1.35 bits per heavy atom. The number of hydrogen-bond acceptors (Lipinski definition) is 3. The molecule has 5 nitrogen and oxygen atoms in total. The molecule has 0 amide bonds. The summed E-state index contributed by atoms with van der Waals surface area (Å²) >= 11 is 0. The number of aromatic carboxylic acids is 1. The Kier molecular flexibility index (Phi) is 3.60. The van der Waals surface area contributed by atoms with Crippen molar-refractivity contribution in [2.45, 2.75) is 12.8 Å². The van der Waals surface area contributed by atoms with E-state index in [9.17, 15) is 4.79 Å². The molecule has 2 N–H and O–H groups in total. The zero-order chi connectivity index (χ0) is 13.9. The van der Waals surface area contributed by atoms with Crippen molar-refractivity contribution in [2.24, 2.45) is 5.92 Å². The third-order valence-corrected chi connectivity index (χ3v) is 3.65. The summed E-state index contributed by atoms with van der Waals surface area (Å²) in [5.74, 6) is 0.367. The van der Waals surface area contributed by atoms with Crippen LogP contribution in [0.4, 0.5) is 0 Å². The number of aromatic amines is 1. The summed E-state index contributed by atoms with van der Waals surface area (Å²) in [6.07, 6.45) is 2.07. The van der Waals surface area contributed by atoms with Crippen molar-refractivity contribution >= 4 is 16.9 Å². The summed E-state index contributed by atoms with van der Waals surface area (Å²) in [5.41, 5.74) is 1.00. The van der Waals surface area contributed by atoms with Gasteiger partial charge in [-0.1, -0.05) is 0 Å². The lowest BCUT2D eigenvalue weighted by molar-refractivity contribution is 0.0498. The van der Waals surface area contributed by atoms with E-state index in [1.54, 1.807) is 6.07 Å². The molecule has 5 heteroatoms. The Labute approximate surface area is 116 Å². The minimum Gasteiger partial charge on any atom is -0.493 e. The van der Waals surface area contributed by atoms with E-state index in [4.69, 9.17) is 14.6 Å². The van der Waals surface area contributed by atoms with Gasteiger partial charge in [0.1, 0.15) is 11.4 Å². The maximum atomic E-state index is 10.9. The highest BCUT2D eigenvalue weighted by Gasteiger charge is 2.14. The van der Waals surface area contributed by atoms with E-state index in [1.807, 2.05) is 18.2 Å². The van der Waals surface area contributed by atoms with Gasteiger partial charge < -0.3 is 19.6 Å². The number of carboxylic acid groups (broad SMARTS) is 1. The first-order valence-corrected chi connectivity index (χ1v) is 6.79. The Balaban J connectivity index is 1.70. The Morgan fingerprint density at radius 3 is 2.90 bits per heavy atom. The van der Waals surface area contributed by atoms with Crippen LogP contribution in [0.1, 0.15) is 23.3 Å². The van der Waals surface area contributed by atoms with Crippen LogP contribution in [0.3, 0.4) is 0 Å². The maximum absolute atomic E-state index is 10.9. The van der Waals surface area contributed by atoms with Gasteiger partial charge in [-0.2, -0.15) is 0 Å². The average molecular weight is 275 g/mol. The number of benzene rings is 1. The summed E-state index contributed by atoms with van der Waals surface area (Å²) < 4.78 is 11.1. The highest BCUT2D eigenvalue weighted by molar-refractivity contribution is 5.94. The van der Waals surface area contributed by atoms with Gasteiger partial charge in [-0.15, -0.1) is 0 Å². The molecule has 1 aromatic heterocycles. The lowest BCUT2D eigenvalue weighted by Crippen LogP contribution is -2.21. The SMILES string of the molecule is O=C(O)c1cc2cc(OCC3CCOCC3)ccc2[nH]1. The van der Waals surface area contributed by atoms with E-state index in [1.165, 1.54) is 0 Å². The Bertz CT molecular complexity index is 613. The predicted octanol–water partition coefficient (Wildman–Crippen LogP) is 2.67. The van der Waals surface area contributed by atoms with Crippen molar-refractivity contribution in [2.75, 3.05) is 19.8 Å². The molecule has 0 saturated carbocycles. The number of carboxylic acids is 1. The zero-order valence-electron chi connectivity index (χ0n) is 11.1. The van der Waals surface area contributed by atoms with Crippen molar-refractivity contribution in [3.05, 3.63) is 30.0 Å². The molecule has 1 aliphatic rings. The van der Waals surface area contributed by atoms with Crippen LogP contribution >= 0.6 is 0 Å². The third kappa shape index (κ3) is 2.77. The van der Waals surface area contributed by atoms with Crippen LogP contribution in [0.2, 0.25) is 0 Å². The largest absolute Gasteiger partial charge is 0.493 e.